The molecule has 1 aromatic heterocycles. The van der Waals surface area contributed by atoms with Crippen molar-refractivity contribution in [2.24, 2.45) is 0 Å². The Hall–Kier alpha value is -1.20. The zero-order valence-corrected chi connectivity index (χ0v) is 10.6. The Morgan fingerprint density at radius 3 is 2.62 bits per heavy atom. The monoisotopic (exact) mass is 297 g/mol. The van der Waals surface area contributed by atoms with E-state index in [0.717, 1.165) is 15.0 Å². The number of hydrogen-bond donors (Lipinski definition) is 1. The molecule has 0 fully saturated rings. The van der Waals surface area contributed by atoms with Gasteiger partial charge in [-0.15, -0.1) is 11.3 Å². The lowest BCUT2D eigenvalue weighted by Crippen LogP contribution is -1.89. The zero-order valence-electron chi connectivity index (χ0n) is 8.18. The van der Waals surface area contributed by atoms with Crippen LogP contribution in [0.2, 0.25) is 0 Å². The molecule has 0 aliphatic rings. The Balaban J connectivity index is 2.14. The number of carboxylic acids is 1. The van der Waals surface area contributed by atoms with Crippen LogP contribution in [0.3, 0.4) is 0 Å². The molecule has 0 spiro atoms. The maximum Gasteiger partial charge on any atom is 0.347 e. The highest BCUT2D eigenvalue weighted by molar-refractivity contribution is 9.10. The van der Waals surface area contributed by atoms with E-state index in [2.05, 4.69) is 20.9 Å². The van der Waals surface area contributed by atoms with Crippen molar-refractivity contribution in [1.29, 1.82) is 0 Å². The molecule has 0 saturated heterocycles. The first-order valence-corrected chi connectivity index (χ1v) is 6.18. The molecule has 2 aromatic rings. The molecule has 0 bridgehead atoms. The summed E-state index contributed by atoms with van der Waals surface area (Å²) in [6.45, 7) is 0. The van der Waals surface area contributed by atoms with Crippen LogP contribution in [0.4, 0.5) is 0 Å². The van der Waals surface area contributed by atoms with E-state index in [1.165, 1.54) is 17.5 Å². The van der Waals surface area contributed by atoms with Crippen molar-refractivity contribution >= 4 is 33.2 Å². The number of carboxylic acid groups (broad SMARTS) is 1. The molecule has 0 radical (unpaired) electrons. The first kappa shape index (κ1) is 11.3. The lowest BCUT2D eigenvalue weighted by molar-refractivity contribution is 0.0702. The molecule has 0 aliphatic heterocycles. The highest BCUT2D eigenvalue weighted by Gasteiger charge is 2.08. The average molecular weight is 298 g/mol. The third-order valence-corrected chi connectivity index (χ3v) is 3.55. The normalized spacial score (nSPS) is 10.3. The lowest BCUT2D eigenvalue weighted by Gasteiger charge is -1.97. The van der Waals surface area contributed by atoms with E-state index in [0.29, 0.717) is 6.42 Å². The summed E-state index contributed by atoms with van der Waals surface area (Å²) in [5, 5.41) is 9.58. The van der Waals surface area contributed by atoms with E-state index in [4.69, 9.17) is 5.11 Å². The van der Waals surface area contributed by atoms with Crippen LogP contribution in [0.15, 0.2) is 34.9 Å². The molecule has 3 nitrogen and oxygen atoms in total. The van der Waals surface area contributed by atoms with Gasteiger partial charge in [-0.2, -0.15) is 0 Å². The fourth-order valence-corrected chi connectivity index (χ4v) is 2.32. The smallest absolute Gasteiger partial charge is 0.347 e. The van der Waals surface area contributed by atoms with Gasteiger partial charge in [0, 0.05) is 10.9 Å². The van der Waals surface area contributed by atoms with Gasteiger partial charge in [0.2, 0.25) is 0 Å². The zero-order chi connectivity index (χ0) is 11.5. The Morgan fingerprint density at radius 1 is 1.38 bits per heavy atom. The van der Waals surface area contributed by atoms with Gasteiger partial charge in [0.05, 0.1) is 11.2 Å². The molecule has 0 unspecified atom stereocenters. The topological polar surface area (TPSA) is 50.2 Å². The SMILES string of the molecule is O=C(O)c1cnc(Cc2ccc(Br)cc2)s1. The second kappa shape index (κ2) is 4.76. The molecule has 16 heavy (non-hydrogen) atoms. The predicted octanol–water partition coefficient (Wildman–Crippen LogP) is 3.19. The van der Waals surface area contributed by atoms with Gasteiger partial charge in [0.25, 0.3) is 0 Å². The van der Waals surface area contributed by atoms with Crippen molar-refractivity contribution < 1.29 is 9.90 Å². The Morgan fingerprint density at radius 2 is 2.06 bits per heavy atom. The van der Waals surface area contributed by atoms with Crippen molar-refractivity contribution in [3.63, 3.8) is 0 Å². The van der Waals surface area contributed by atoms with Crippen LogP contribution >= 0.6 is 27.3 Å². The Kier molecular flexibility index (Phi) is 3.36. The minimum absolute atomic E-state index is 0.284. The first-order chi connectivity index (χ1) is 7.65. The number of rotatable bonds is 3. The highest BCUT2D eigenvalue weighted by Crippen LogP contribution is 2.18. The number of nitrogens with zero attached hydrogens (tertiary/aromatic N) is 1. The number of thiazole rings is 1. The molecule has 2 rings (SSSR count). The number of aromatic nitrogens is 1. The summed E-state index contributed by atoms with van der Waals surface area (Å²) in [7, 11) is 0. The van der Waals surface area contributed by atoms with Crippen LogP contribution in [-0.2, 0) is 6.42 Å². The second-order valence-electron chi connectivity index (χ2n) is 3.23. The maximum atomic E-state index is 10.7. The largest absolute Gasteiger partial charge is 0.477 e. The number of carbonyl (C=O) groups is 1. The van der Waals surface area contributed by atoms with E-state index in [1.807, 2.05) is 24.3 Å². The molecular weight excluding hydrogens is 290 g/mol. The van der Waals surface area contributed by atoms with Gasteiger partial charge in [-0.3, -0.25) is 0 Å². The summed E-state index contributed by atoms with van der Waals surface area (Å²) in [5.74, 6) is -0.917. The van der Waals surface area contributed by atoms with E-state index in [9.17, 15) is 4.79 Å². The molecule has 0 aliphatic carbocycles. The molecule has 1 N–H and O–H groups in total. The van der Waals surface area contributed by atoms with Gasteiger partial charge in [-0.1, -0.05) is 28.1 Å². The van der Waals surface area contributed by atoms with Gasteiger partial charge in [0.15, 0.2) is 0 Å². The Bertz CT molecular complexity index is 507. The summed E-state index contributed by atoms with van der Waals surface area (Å²) in [6, 6.07) is 7.90. The molecule has 0 atom stereocenters. The molecule has 82 valence electrons. The summed E-state index contributed by atoms with van der Waals surface area (Å²) >= 11 is 4.58. The van der Waals surface area contributed by atoms with E-state index in [-0.39, 0.29) is 4.88 Å². The molecule has 0 saturated carbocycles. The first-order valence-electron chi connectivity index (χ1n) is 4.57. The van der Waals surface area contributed by atoms with Crippen molar-refractivity contribution in [2.45, 2.75) is 6.42 Å². The molecule has 5 heteroatoms. The summed E-state index contributed by atoms with van der Waals surface area (Å²) in [5.41, 5.74) is 1.12. The third-order valence-electron chi connectivity index (χ3n) is 2.03. The third kappa shape index (κ3) is 2.68. The highest BCUT2D eigenvalue weighted by atomic mass is 79.9. The molecule has 1 heterocycles. The predicted molar refractivity (Wildman–Crippen MR) is 66.0 cm³/mol. The van der Waals surface area contributed by atoms with Gasteiger partial charge in [-0.25, -0.2) is 9.78 Å². The van der Waals surface area contributed by atoms with Crippen LogP contribution in [0.1, 0.15) is 20.2 Å². The van der Waals surface area contributed by atoms with Gasteiger partial charge < -0.3 is 5.11 Å². The van der Waals surface area contributed by atoms with Crippen molar-refractivity contribution in [2.75, 3.05) is 0 Å². The second-order valence-corrected chi connectivity index (χ2v) is 5.26. The van der Waals surface area contributed by atoms with Gasteiger partial charge >= 0.3 is 5.97 Å². The van der Waals surface area contributed by atoms with Crippen LogP contribution < -0.4 is 0 Å². The lowest BCUT2D eigenvalue weighted by atomic mass is 10.2. The standard InChI is InChI=1S/C11H8BrNO2S/c12-8-3-1-7(2-4-8)5-10-13-6-9(16-10)11(14)15/h1-4,6H,5H2,(H,14,15). The van der Waals surface area contributed by atoms with E-state index in [1.54, 1.807) is 0 Å². The van der Waals surface area contributed by atoms with Crippen molar-refractivity contribution in [1.82, 2.24) is 4.98 Å². The van der Waals surface area contributed by atoms with Crippen LogP contribution in [0.25, 0.3) is 0 Å². The fourth-order valence-electron chi connectivity index (χ4n) is 1.27. The van der Waals surface area contributed by atoms with Gasteiger partial charge in [-0.05, 0) is 17.7 Å². The molecule has 1 aromatic carbocycles. The summed E-state index contributed by atoms with van der Waals surface area (Å²) < 4.78 is 1.03. The van der Waals surface area contributed by atoms with Crippen molar-refractivity contribution in [3.05, 3.63) is 50.4 Å². The summed E-state index contributed by atoms with van der Waals surface area (Å²) in [4.78, 5) is 15.0. The average Bonchev–Trinajstić information content (AvgIpc) is 2.70. The number of halogens is 1. The number of benzene rings is 1. The van der Waals surface area contributed by atoms with E-state index >= 15 is 0 Å². The quantitative estimate of drug-likeness (QED) is 0.946. The maximum absolute atomic E-state index is 10.7. The summed E-state index contributed by atoms with van der Waals surface area (Å²) in [6.07, 6.45) is 2.08. The number of aromatic carboxylic acids is 1. The van der Waals surface area contributed by atoms with Crippen LogP contribution in [0, 0.1) is 0 Å². The van der Waals surface area contributed by atoms with Crippen molar-refractivity contribution in [3.8, 4) is 0 Å². The Labute approximate surface area is 105 Å². The fraction of sp³-hybridized carbons (Fsp3) is 0.0909. The minimum atomic E-state index is -0.917. The van der Waals surface area contributed by atoms with E-state index < -0.39 is 5.97 Å². The van der Waals surface area contributed by atoms with Crippen LogP contribution in [0.5, 0.6) is 0 Å². The van der Waals surface area contributed by atoms with Gasteiger partial charge in [0.1, 0.15) is 4.88 Å². The molecule has 0 amide bonds. The van der Waals surface area contributed by atoms with Crippen LogP contribution in [-0.4, -0.2) is 16.1 Å². The minimum Gasteiger partial charge on any atom is -0.477 e. The molecular formula is C11H8BrNO2S. The number of hydrogen-bond acceptors (Lipinski definition) is 3.